The Morgan fingerprint density at radius 1 is 1.14 bits per heavy atom. The van der Waals surface area contributed by atoms with Crippen molar-refractivity contribution in [2.24, 2.45) is 0 Å². The summed E-state index contributed by atoms with van der Waals surface area (Å²) in [4.78, 5) is 23.6. The Kier molecular flexibility index (Phi) is 6.36. The Morgan fingerprint density at radius 3 is 2.75 bits per heavy atom. The molecule has 3 heterocycles. The normalized spacial score (nSPS) is 16.2. The van der Waals surface area contributed by atoms with Crippen LogP contribution in [-0.4, -0.2) is 40.1 Å². The standard InChI is InChI=1S/C26H24F3N5O2/c1-15(35)33-19-8-17(7-18(10-19)26(27,28)29)16-4-5-23-21(9-16)22(12-32-23)24-13-31-14-25(34-24)36-20-3-2-6-30-11-20/h4-5,7-10,12-14,20,30,32H,2-3,6,11H2,1H3,(H,33,35)/t20-/m1/s1. The molecule has 1 amide bonds. The molecule has 1 atom stereocenters. The van der Waals surface area contributed by atoms with Crippen LogP contribution in [0.15, 0.2) is 55.0 Å². The number of fused-ring (bicyclic) bond motifs is 1. The number of halogens is 3. The summed E-state index contributed by atoms with van der Waals surface area (Å²) in [6.45, 7) is 2.98. The van der Waals surface area contributed by atoms with Crippen LogP contribution in [0.25, 0.3) is 33.3 Å². The summed E-state index contributed by atoms with van der Waals surface area (Å²) >= 11 is 0. The highest BCUT2D eigenvalue weighted by Gasteiger charge is 2.31. The molecule has 0 aliphatic carbocycles. The molecule has 3 N–H and O–H groups in total. The number of piperidine rings is 1. The van der Waals surface area contributed by atoms with E-state index in [9.17, 15) is 18.0 Å². The van der Waals surface area contributed by atoms with Crippen molar-refractivity contribution in [3.8, 4) is 28.3 Å². The van der Waals surface area contributed by atoms with Gasteiger partial charge in [0.1, 0.15) is 6.10 Å². The molecule has 186 valence electrons. The van der Waals surface area contributed by atoms with Gasteiger partial charge in [-0.25, -0.2) is 4.98 Å². The van der Waals surface area contributed by atoms with Crippen LogP contribution in [-0.2, 0) is 11.0 Å². The molecule has 0 radical (unpaired) electrons. The monoisotopic (exact) mass is 495 g/mol. The van der Waals surface area contributed by atoms with Gasteiger partial charge in [-0.1, -0.05) is 6.07 Å². The van der Waals surface area contributed by atoms with Gasteiger partial charge in [-0.2, -0.15) is 13.2 Å². The van der Waals surface area contributed by atoms with Crippen LogP contribution >= 0.6 is 0 Å². The van der Waals surface area contributed by atoms with E-state index in [4.69, 9.17) is 4.74 Å². The van der Waals surface area contributed by atoms with Gasteiger partial charge in [0.2, 0.25) is 11.8 Å². The summed E-state index contributed by atoms with van der Waals surface area (Å²) in [5.41, 5.74) is 2.27. The van der Waals surface area contributed by atoms with Gasteiger partial charge in [-0.15, -0.1) is 0 Å². The molecule has 2 aromatic carbocycles. The van der Waals surface area contributed by atoms with Crippen LogP contribution < -0.4 is 15.4 Å². The number of aromatic nitrogens is 3. The number of alkyl halides is 3. The van der Waals surface area contributed by atoms with Crippen LogP contribution in [0.3, 0.4) is 0 Å². The largest absolute Gasteiger partial charge is 0.472 e. The van der Waals surface area contributed by atoms with Crippen molar-refractivity contribution < 1.29 is 22.7 Å². The SMILES string of the molecule is CC(=O)Nc1cc(-c2ccc3[nH]cc(-c4cncc(O[C@@H]5CCCNC5)n4)c3c2)cc(C(F)(F)F)c1. The van der Waals surface area contributed by atoms with Gasteiger partial charge in [-0.3, -0.25) is 9.78 Å². The third kappa shape index (κ3) is 5.18. The lowest BCUT2D eigenvalue weighted by atomic mass is 9.99. The topological polar surface area (TPSA) is 91.9 Å². The zero-order valence-corrected chi connectivity index (χ0v) is 19.4. The Hall–Kier alpha value is -3.92. The lowest BCUT2D eigenvalue weighted by molar-refractivity contribution is -0.137. The number of carbonyl (C=O) groups excluding carboxylic acids is 1. The van der Waals surface area contributed by atoms with E-state index in [1.165, 1.54) is 13.0 Å². The second kappa shape index (κ2) is 9.62. The van der Waals surface area contributed by atoms with E-state index >= 15 is 0 Å². The predicted octanol–water partition coefficient (Wildman–Crippen LogP) is 5.40. The molecule has 0 unspecified atom stereocenters. The summed E-state index contributed by atoms with van der Waals surface area (Å²) in [6.07, 6.45) is 2.42. The maximum absolute atomic E-state index is 13.5. The highest BCUT2D eigenvalue weighted by atomic mass is 19.4. The molecule has 1 saturated heterocycles. The van der Waals surface area contributed by atoms with E-state index in [-0.39, 0.29) is 11.8 Å². The zero-order chi connectivity index (χ0) is 25.3. The maximum atomic E-state index is 13.5. The zero-order valence-electron chi connectivity index (χ0n) is 19.4. The van der Waals surface area contributed by atoms with E-state index < -0.39 is 17.6 Å². The number of H-pyrrole nitrogens is 1. The molecule has 7 nitrogen and oxygen atoms in total. The molecule has 1 aliphatic rings. The molecule has 0 spiro atoms. The first-order valence-corrected chi connectivity index (χ1v) is 11.6. The number of hydrogen-bond donors (Lipinski definition) is 3. The van der Waals surface area contributed by atoms with Crippen LogP contribution in [0.1, 0.15) is 25.3 Å². The predicted molar refractivity (Wildman–Crippen MR) is 131 cm³/mol. The van der Waals surface area contributed by atoms with Crippen molar-refractivity contribution in [3.63, 3.8) is 0 Å². The summed E-state index contributed by atoms with van der Waals surface area (Å²) in [5.74, 6) is -0.0298. The Morgan fingerprint density at radius 2 is 2.00 bits per heavy atom. The molecule has 0 bridgehead atoms. The van der Waals surface area contributed by atoms with Crippen molar-refractivity contribution in [1.82, 2.24) is 20.3 Å². The molecular weight excluding hydrogens is 471 g/mol. The third-order valence-electron chi connectivity index (χ3n) is 6.02. The van der Waals surface area contributed by atoms with Crippen molar-refractivity contribution in [1.29, 1.82) is 0 Å². The van der Waals surface area contributed by atoms with E-state index in [0.717, 1.165) is 54.5 Å². The summed E-state index contributed by atoms with van der Waals surface area (Å²) in [6, 6.07) is 8.86. The minimum atomic E-state index is -4.56. The van der Waals surface area contributed by atoms with Gasteiger partial charge >= 0.3 is 6.18 Å². The van der Waals surface area contributed by atoms with Gasteiger partial charge in [0.05, 0.1) is 23.7 Å². The van der Waals surface area contributed by atoms with Crippen molar-refractivity contribution in [2.45, 2.75) is 32.0 Å². The number of nitrogens with zero attached hydrogens (tertiary/aromatic N) is 2. The molecule has 10 heteroatoms. The first-order chi connectivity index (χ1) is 17.3. The van der Waals surface area contributed by atoms with Gasteiger partial charge in [-0.05, 0) is 60.8 Å². The number of carbonyl (C=O) groups is 1. The van der Waals surface area contributed by atoms with Crippen LogP contribution in [0.5, 0.6) is 5.88 Å². The fraction of sp³-hybridized carbons (Fsp3) is 0.269. The average Bonchev–Trinajstić information content (AvgIpc) is 3.27. The second-order valence-electron chi connectivity index (χ2n) is 8.77. The highest BCUT2D eigenvalue weighted by Crippen LogP contribution is 2.37. The minimum Gasteiger partial charge on any atom is -0.472 e. The average molecular weight is 496 g/mol. The minimum absolute atomic E-state index is 0.0246. The van der Waals surface area contributed by atoms with Gasteiger partial charge in [0, 0.05) is 41.8 Å². The molecule has 4 aromatic rings. The van der Waals surface area contributed by atoms with Crippen molar-refractivity contribution >= 4 is 22.5 Å². The van der Waals surface area contributed by atoms with E-state index in [1.54, 1.807) is 36.8 Å². The number of ether oxygens (including phenoxy) is 1. The fourth-order valence-electron chi connectivity index (χ4n) is 4.37. The third-order valence-corrected chi connectivity index (χ3v) is 6.02. The number of anilines is 1. The lowest BCUT2D eigenvalue weighted by Gasteiger charge is -2.23. The summed E-state index contributed by atoms with van der Waals surface area (Å²) in [7, 11) is 0. The first-order valence-electron chi connectivity index (χ1n) is 11.6. The second-order valence-corrected chi connectivity index (χ2v) is 8.77. The van der Waals surface area contributed by atoms with Gasteiger partial charge in [0.15, 0.2) is 0 Å². The molecule has 5 rings (SSSR count). The van der Waals surface area contributed by atoms with Gasteiger partial charge < -0.3 is 20.4 Å². The molecule has 1 fully saturated rings. The molecule has 0 saturated carbocycles. The maximum Gasteiger partial charge on any atom is 0.416 e. The number of benzene rings is 2. The first kappa shape index (κ1) is 23.8. The number of rotatable bonds is 5. The van der Waals surface area contributed by atoms with E-state index in [0.29, 0.717) is 22.7 Å². The van der Waals surface area contributed by atoms with E-state index in [2.05, 4.69) is 25.6 Å². The number of hydrogen-bond acceptors (Lipinski definition) is 5. The molecular formula is C26H24F3N5O2. The lowest BCUT2D eigenvalue weighted by Crippen LogP contribution is -2.37. The summed E-state index contributed by atoms with van der Waals surface area (Å²) in [5, 5.41) is 6.53. The quantitative estimate of drug-likeness (QED) is 0.345. The molecule has 36 heavy (non-hydrogen) atoms. The molecule has 2 aromatic heterocycles. The van der Waals surface area contributed by atoms with Crippen LogP contribution in [0, 0.1) is 0 Å². The van der Waals surface area contributed by atoms with Crippen LogP contribution in [0.2, 0.25) is 0 Å². The Labute approximate surface area is 205 Å². The number of nitrogens with one attached hydrogen (secondary N) is 3. The van der Waals surface area contributed by atoms with Gasteiger partial charge in [0.25, 0.3) is 0 Å². The van der Waals surface area contributed by atoms with Crippen molar-refractivity contribution in [3.05, 3.63) is 60.6 Å². The number of aromatic amines is 1. The molecule has 1 aliphatic heterocycles. The Balaban J connectivity index is 1.52. The van der Waals surface area contributed by atoms with Crippen LogP contribution in [0.4, 0.5) is 18.9 Å². The Bertz CT molecular complexity index is 1410. The van der Waals surface area contributed by atoms with E-state index in [1.807, 2.05) is 0 Å². The smallest absolute Gasteiger partial charge is 0.416 e. The number of amides is 1. The fourth-order valence-corrected chi connectivity index (χ4v) is 4.37. The highest BCUT2D eigenvalue weighted by molar-refractivity contribution is 5.97. The summed E-state index contributed by atoms with van der Waals surface area (Å²) < 4.78 is 46.6. The van der Waals surface area contributed by atoms with Crippen molar-refractivity contribution in [2.75, 3.05) is 18.4 Å².